The lowest BCUT2D eigenvalue weighted by molar-refractivity contribution is 0.189. The van der Waals surface area contributed by atoms with Crippen molar-refractivity contribution in [1.29, 1.82) is 0 Å². The quantitative estimate of drug-likeness (QED) is 0.594. The Bertz CT molecular complexity index is 904. The van der Waals surface area contributed by atoms with Crippen molar-refractivity contribution in [1.82, 2.24) is 10.2 Å². The molecule has 1 N–H and O–H groups in total. The number of nitrogens with zero attached hydrogens (tertiary/aromatic N) is 1. The molecular weight excluding hydrogens is 375 g/mol. The molecule has 0 aliphatic carbocycles. The van der Waals surface area contributed by atoms with E-state index in [-0.39, 0.29) is 5.02 Å². The molecule has 3 aromatic rings. The first-order valence-electron chi connectivity index (χ1n) is 9.71. The number of rotatable bonds is 6. The van der Waals surface area contributed by atoms with E-state index in [1.165, 1.54) is 11.6 Å². The summed E-state index contributed by atoms with van der Waals surface area (Å²) in [5.74, 6) is 1.16. The van der Waals surface area contributed by atoms with Gasteiger partial charge in [-0.25, -0.2) is 4.39 Å². The molecule has 0 atom stereocenters. The molecule has 0 saturated carbocycles. The molecule has 1 fully saturated rings. The normalized spacial score (nSPS) is 15.8. The summed E-state index contributed by atoms with van der Waals surface area (Å²) in [5.41, 5.74) is 2.16. The zero-order valence-corrected chi connectivity index (χ0v) is 16.5. The van der Waals surface area contributed by atoms with E-state index in [1.807, 2.05) is 12.1 Å². The smallest absolute Gasteiger partial charge is 0.141 e. The molecule has 5 heteroatoms. The van der Waals surface area contributed by atoms with Crippen LogP contribution in [0.25, 0.3) is 11.3 Å². The van der Waals surface area contributed by atoms with Gasteiger partial charge in [0.25, 0.3) is 0 Å². The third-order valence-corrected chi connectivity index (χ3v) is 5.56. The number of furan rings is 1. The largest absolute Gasteiger partial charge is 0.460 e. The van der Waals surface area contributed by atoms with Crippen molar-refractivity contribution in [2.45, 2.75) is 32.0 Å². The molecule has 146 valence electrons. The first-order chi connectivity index (χ1) is 13.7. The maximum atomic E-state index is 13.3. The van der Waals surface area contributed by atoms with E-state index < -0.39 is 5.82 Å². The van der Waals surface area contributed by atoms with Crippen molar-refractivity contribution >= 4 is 11.6 Å². The highest BCUT2D eigenvalue weighted by Crippen LogP contribution is 2.26. The molecular formula is C23H24ClFN2O. The van der Waals surface area contributed by atoms with Gasteiger partial charge in [0.1, 0.15) is 17.3 Å². The topological polar surface area (TPSA) is 28.4 Å². The van der Waals surface area contributed by atoms with Gasteiger partial charge in [0, 0.05) is 18.2 Å². The number of likely N-dealkylation sites (tertiary alicyclic amines) is 1. The van der Waals surface area contributed by atoms with Gasteiger partial charge in [0.05, 0.1) is 11.6 Å². The highest BCUT2D eigenvalue weighted by Gasteiger charge is 2.19. The van der Waals surface area contributed by atoms with Crippen LogP contribution in [0.5, 0.6) is 0 Å². The molecule has 4 rings (SSSR count). The van der Waals surface area contributed by atoms with Crippen molar-refractivity contribution in [3.05, 3.63) is 82.8 Å². The van der Waals surface area contributed by atoms with Crippen LogP contribution in [-0.2, 0) is 13.1 Å². The van der Waals surface area contributed by atoms with Gasteiger partial charge in [-0.2, -0.15) is 0 Å². The maximum Gasteiger partial charge on any atom is 0.141 e. The number of hydrogen-bond acceptors (Lipinski definition) is 3. The summed E-state index contributed by atoms with van der Waals surface area (Å²) >= 11 is 5.86. The third kappa shape index (κ3) is 4.82. The second-order valence-corrected chi connectivity index (χ2v) is 7.72. The molecule has 1 saturated heterocycles. The summed E-state index contributed by atoms with van der Waals surface area (Å²) in [6, 6.07) is 19.6. The predicted molar refractivity (Wildman–Crippen MR) is 111 cm³/mol. The van der Waals surface area contributed by atoms with E-state index in [4.69, 9.17) is 16.0 Å². The van der Waals surface area contributed by atoms with E-state index >= 15 is 0 Å². The van der Waals surface area contributed by atoms with Crippen molar-refractivity contribution in [3.63, 3.8) is 0 Å². The number of benzene rings is 2. The van der Waals surface area contributed by atoms with Gasteiger partial charge in [-0.15, -0.1) is 0 Å². The van der Waals surface area contributed by atoms with Crippen LogP contribution in [0.2, 0.25) is 5.02 Å². The molecule has 3 nitrogen and oxygen atoms in total. The second kappa shape index (κ2) is 8.91. The van der Waals surface area contributed by atoms with Crippen LogP contribution in [0.1, 0.15) is 24.2 Å². The molecule has 2 heterocycles. The van der Waals surface area contributed by atoms with E-state index in [1.54, 1.807) is 12.1 Å². The van der Waals surface area contributed by atoms with Crippen LogP contribution in [0.3, 0.4) is 0 Å². The Balaban J connectivity index is 1.25. The van der Waals surface area contributed by atoms with E-state index in [0.29, 0.717) is 18.3 Å². The summed E-state index contributed by atoms with van der Waals surface area (Å²) in [6.45, 7) is 3.92. The number of hydrogen-bond donors (Lipinski definition) is 1. The van der Waals surface area contributed by atoms with Crippen LogP contribution >= 0.6 is 11.6 Å². The van der Waals surface area contributed by atoms with Crippen LogP contribution in [0, 0.1) is 5.82 Å². The van der Waals surface area contributed by atoms with Crippen molar-refractivity contribution in [3.8, 4) is 11.3 Å². The molecule has 1 aromatic heterocycles. The first kappa shape index (κ1) is 19.2. The van der Waals surface area contributed by atoms with E-state index in [9.17, 15) is 4.39 Å². The van der Waals surface area contributed by atoms with Gasteiger partial charge in [0.15, 0.2) is 0 Å². The molecule has 1 aliphatic heterocycles. The van der Waals surface area contributed by atoms with E-state index in [0.717, 1.165) is 43.8 Å². The molecule has 0 radical (unpaired) electrons. The molecule has 28 heavy (non-hydrogen) atoms. The molecule has 0 spiro atoms. The maximum absolute atomic E-state index is 13.3. The minimum Gasteiger partial charge on any atom is -0.460 e. The summed E-state index contributed by atoms with van der Waals surface area (Å²) < 4.78 is 19.2. The fourth-order valence-electron chi connectivity index (χ4n) is 3.66. The minimum atomic E-state index is -0.419. The van der Waals surface area contributed by atoms with Gasteiger partial charge in [-0.3, -0.25) is 4.90 Å². The zero-order chi connectivity index (χ0) is 19.3. The van der Waals surface area contributed by atoms with E-state index in [2.05, 4.69) is 40.5 Å². The average Bonchev–Trinajstić information content (AvgIpc) is 3.19. The minimum absolute atomic E-state index is 0.107. The summed E-state index contributed by atoms with van der Waals surface area (Å²) in [5, 5.41) is 3.71. The number of nitrogens with one attached hydrogen (secondary N) is 1. The summed E-state index contributed by atoms with van der Waals surface area (Å²) in [4.78, 5) is 2.51. The van der Waals surface area contributed by atoms with Crippen molar-refractivity contribution < 1.29 is 8.81 Å². The van der Waals surface area contributed by atoms with Crippen LogP contribution in [-0.4, -0.2) is 24.0 Å². The lowest BCUT2D eigenvalue weighted by Gasteiger charge is -2.32. The molecule has 0 unspecified atom stereocenters. The van der Waals surface area contributed by atoms with Crippen LogP contribution < -0.4 is 5.32 Å². The average molecular weight is 399 g/mol. The fraction of sp³-hybridized carbons (Fsp3) is 0.304. The molecule has 0 bridgehead atoms. The summed E-state index contributed by atoms with van der Waals surface area (Å²) in [7, 11) is 0. The lowest BCUT2D eigenvalue weighted by atomic mass is 10.0. The molecule has 1 aliphatic rings. The number of halogens is 2. The van der Waals surface area contributed by atoms with Crippen molar-refractivity contribution in [2.24, 2.45) is 0 Å². The Morgan fingerprint density at radius 2 is 1.82 bits per heavy atom. The Morgan fingerprint density at radius 1 is 1.04 bits per heavy atom. The third-order valence-electron chi connectivity index (χ3n) is 5.27. The monoisotopic (exact) mass is 398 g/mol. The molecule has 2 aromatic carbocycles. The Hall–Kier alpha value is -2.14. The van der Waals surface area contributed by atoms with Gasteiger partial charge in [0.2, 0.25) is 0 Å². The first-order valence-corrected chi connectivity index (χ1v) is 10.1. The van der Waals surface area contributed by atoms with Gasteiger partial charge >= 0.3 is 0 Å². The Kier molecular flexibility index (Phi) is 6.10. The number of piperidine rings is 1. The molecule has 0 amide bonds. The highest BCUT2D eigenvalue weighted by atomic mass is 35.5. The lowest BCUT2D eigenvalue weighted by Crippen LogP contribution is -2.41. The van der Waals surface area contributed by atoms with Crippen LogP contribution in [0.15, 0.2) is 65.1 Å². The van der Waals surface area contributed by atoms with Gasteiger partial charge in [-0.1, -0.05) is 41.9 Å². The highest BCUT2D eigenvalue weighted by molar-refractivity contribution is 6.31. The fourth-order valence-corrected chi connectivity index (χ4v) is 3.84. The van der Waals surface area contributed by atoms with Crippen LogP contribution in [0.4, 0.5) is 4.39 Å². The Morgan fingerprint density at radius 3 is 2.57 bits per heavy atom. The van der Waals surface area contributed by atoms with Gasteiger partial charge < -0.3 is 9.73 Å². The Labute approximate surface area is 170 Å². The predicted octanol–water partition coefficient (Wildman–Crippen LogP) is 5.49. The van der Waals surface area contributed by atoms with Crippen molar-refractivity contribution in [2.75, 3.05) is 13.1 Å². The SMILES string of the molecule is Fc1ccc(-c2ccc(CNC3CCN(Cc4ccccc4)CC3)o2)cc1Cl. The standard InChI is InChI=1S/C23H24ClFN2O/c24-21-14-18(6-8-22(21)25)23-9-7-20(28-23)15-26-19-10-12-27(13-11-19)16-17-4-2-1-3-5-17/h1-9,14,19,26H,10-13,15-16H2. The van der Waals surface area contributed by atoms with Gasteiger partial charge in [-0.05, 0) is 61.8 Å². The summed E-state index contributed by atoms with van der Waals surface area (Å²) in [6.07, 6.45) is 2.27. The zero-order valence-electron chi connectivity index (χ0n) is 15.7. The second-order valence-electron chi connectivity index (χ2n) is 7.31.